The third-order valence-electron chi connectivity index (χ3n) is 6.48. The predicted octanol–water partition coefficient (Wildman–Crippen LogP) is 2.76. The van der Waals surface area contributed by atoms with Gasteiger partial charge < -0.3 is 15.2 Å². The highest BCUT2D eigenvalue weighted by Gasteiger charge is 2.34. The minimum atomic E-state index is -1.67. The molecule has 3 heterocycles. The van der Waals surface area contributed by atoms with Crippen molar-refractivity contribution in [1.29, 1.82) is 5.26 Å². The van der Waals surface area contributed by atoms with Gasteiger partial charge in [0.1, 0.15) is 33.0 Å². The molecule has 0 fully saturated rings. The number of rotatable bonds is 10. The van der Waals surface area contributed by atoms with Crippen molar-refractivity contribution in [3.05, 3.63) is 74.4 Å². The maximum atomic E-state index is 14.3. The predicted molar refractivity (Wildman–Crippen MR) is 143 cm³/mol. The maximum Gasteiger partial charge on any atom is 0.333 e. The SMILES string of the molecule is COc1ccc(F)cc1C(Cn1c(=O)n(C(C)(C)C(N)=O)c(=O)c2c(C)c(-n3cccn3)sc21)OCCC#N. The van der Waals surface area contributed by atoms with Gasteiger partial charge in [0, 0.05) is 23.5 Å². The summed E-state index contributed by atoms with van der Waals surface area (Å²) in [5.74, 6) is -1.11. The van der Waals surface area contributed by atoms with E-state index < -0.39 is 34.6 Å². The fourth-order valence-corrected chi connectivity index (χ4v) is 5.56. The minimum absolute atomic E-state index is 0.00679. The molecule has 11 nitrogen and oxygen atoms in total. The molecule has 204 valence electrons. The minimum Gasteiger partial charge on any atom is -0.496 e. The van der Waals surface area contributed by atoms with Gasteiger partial charge in [0.05, 0.1) is 38.1 Å². The van der Waals surface area contributed by atoms with Crippen LogP contribution in [0.5, 0.6) is 5.75 Å². The van der Waals surface area contributed by atoms with Crippen molar-refractivity contribution in [3.8, 4) is 16.8 Å². The van der Waals surface area contributed by atoms with Gasteiger partial charge in [-0.15, -0.1) is 0 Å². The zero-order valence-electron chi connectivity index (χ0n) is 21.8. The van der Waals surface area contributed by atoms with Crippen LogP contribution in [0.3, 0.4) is 0 Å². The number of halogens is 1. The largest absolute Gasteiger partial charge is 0.496 e. The molecule has 0 radical (unpaired) electrons. The average molecular weight is 555 g/mol. The summed E-state index contributed by atoms with van der Waals surface area (Å²) in [5.41, 5.74) is 3.33. The van der Waals surface area contributed by atoms with Crippen LogP contribution in [0.2, 0.25) is 0 Å². The Kier molecular flexibility index (Phi) is 7.71. The van der Waals surface area contributed by atoms with Crippen molar-refractivity contribution in [1.82, 2.24) is 18.9 Å². The first-order valence-electron chi connectivity index (χ1n) is 11.9. The Hall–Kier alpha value is -4.28. The molecular weight excluding hydrogens is 527 g/mol. The van der Waals surface area contributed by atoms with Gasteiger partial charge in [-0.25, -0.2) is 18.4 Å². The molecule has 2 N–H and O–H groups in total. The summed E-state index contributed by atoms with van der Waals surface area (Å²) >= 11 is 1.16. The van der Waals surface area contributed by atoms with Crippen LogP contribution in [-0.4, -0.2) is 38.5 Å². The Morgan fingerprint density at radius 2 is 2.08 bits per heavy atom. The topological polar surface area (TPSA) is 147 Å². The molecule has 1 atom stereocenters. The molecule has 1 amide bonds. The zero-order chi connectivity index (χ0) is 28.5. The number of nitrogens with two attached hydrogens (primary N) is 1. The van der Waals surface area contributed by atoms with Crippen molar-refractivity contribution < 1.29 is 18.7 Å². The Balaban J connectivity index is 2.04. The van der Waals surface area contributed by atoms with E-state index in [1.54, 1.807) is 30.1 Å². The van der Waals surface area contributed by atoms with Gasteiger partial charge in [0.15, 0.2) is 0 Å². The van der Waals surface area contributed by atoms with E-state index in [0.29, 0.717) is 26.7 Å². The maximum absolute atomic E-state index is 14.3. The second kappa shape index (κ2) is 10.8. The molecule has 0 bridgehead atoms. The van der Waals surface area contributed by atoms with E-state index in [1.807, 2.05) is 6.07 Å². The Morgan fingerprint density at radius 1 is 1.33 bits per heavy atom. The van der Waals surface area contributed by atoms with Crippen LogP contribution >= 0.6 is 11.3 Å². The number of aromatic nitrogens is 4. The van der Waals surface area contributed by atoms with Crippen molar-refractivity contribution in [2.24, 2.45) is 5.73 Å². The fourth-order valence-electron chi connectivity index (χ4n) is 4.32. The molecule has 0 aliphatic heterocycles. The van der Waals surface area contributed by atoms with Gasteiger partial charge in [-0.2, -0.15) is 10.4 Å². The van der Waals surface area contributed by atoms with Crippen LogP contribution in [0.15, 0.2) is 46.2 Å². The molecule has 3 aromatic heterocycles. The van der Waals surface area contributed by atoms with Crippen LogP contribution in [0.4, 0.5) is 4.39 Å². The lowest BCUT2D eigenvalue weighted by Gasteiger charge is -2.26. The molecule has 0 aliphatic rings. The lowest BCUT2D eigenvalue weighted by Crippen LogP contribution is -2.54. The van der Waals surface area contributed by atoms with Gasteiger partial charge in [-0.05, 0) is 45.0 Å². The summed E-state index contributed by atoms with van der Waals surface area (Å²) in [5, 5.41) is 14.1. The first-order valence-corrected chi connectivity index (χ1v) is 12.8. The Bertz CT molecular complexity index is 1700. The van der Waals surface area contributed by atoms with E-state index in [4.69, 9.17) is 20.5 Å². The van der Waals surface area contributed by atoms with Crippen molar-refractivity contribution in [2.45, 2.75) is 45.4 Å². The monoisotopic (exact) mass is 554 g/mol. The van der Waals surface area contributed by atoms with Crippen LogP contribution in [0, 0.1) is 24.1 Å². The molecule has 1 unspecified atom stereocenters. The lowest BCUT2D eigenvalue weighted by molar-refractivity contribution is -0.125. The molecule has 0 aliphatic carbocycles. The van der Waals surface area contributed by atoms with E-state index in [-0.39, 0.29) is 25.0 Å². The highest BCUT2D eigenvalue weighted by Crippen LogP contribution is 2.34. The number of carbonyl (C=O) groups excluding carboxylic acids is 1. The van der Waals surface area contributed by atoms with Crippen LogP contribution in [-0.2, 0) is 21.6 Å². The van der Waals surface area contributed by atoms with E-state index >= 15 is 0 Å². The van der Waals surface area contributed by atoms with Gasteiger partial charge >= 0.3 is 5.69 Å². The van der Waals surface area contributed by atoms with Gasteiger partial charge in [-0.1, -0.05) is 11.3 Å². The lowest BCUT2D eigenvalue weighted by atomic mass is 10.0. The van der Waals surface area contributed by atoms with Crippen LogP contribution in [0.25, 0.3) is 15.2 Å². The standard InChI is InChI=1S/C26H27FN6O5S/c1-15-20-21(34)33(26(2,3)24(29)35)25(36)31(23(20)39-22(15)32-11-6-10-30-32)14-19(38-12-5-9-28)17-13-16(27)7-8-18(17)37-4/h6-8,10-11,13,19H,5,12,14H2,1-4H3,(H2,29,35). The number of fused-ring (bicyclic) bond motifs is 1. The molecule has 4 rings (SSSR count). The van der Waals surface area contributed by atoms with Gasteiger partial charge in [-0.3, -0.25) is 14.2 Å². The smallest absolute Gasteiger partial charge is 0.333 e. The first-order chi connectivity index (χ1) is 18.5. The van der Waals surface area contributed by atoms with Crippen molar-refractivity contribution in [3.63, 3.8) is 0 Å². The highest BCUT2D eigenvalue weighted by molar-refractivity contribution is 7.21. The number of hydrogen-bond acceptors (Lipinski definition) is 8. The summed E-state index contributed by atoms with van der Waals surface area (Å²) in [6.07, 6.45) is 2.38. The van der Waals surface area contributed by atoms with Crippen molar-refractivity contribution >= 4 is 27.5 Å². The number of methoxy groups -OCH3 is 1. The number of primary amides is 1. The van der Waals surface area contributed by atoms with E-state index in [2.05, 4.69) is 5.10 Å². The van der Waals surface area contributed by atoms with Gasteiger partial charge in [0.25, 0.3) is 5.56 Å². The fraction of sp³-hybridized carbons (Fsp3) is 0.346. The van der Waals surface area contributed by atoms with Crippen LogP contribution < -0.4 is 21.7 Å². The first kappa shape index (κ1) is 27.7. The number of carbonyl (C=O) groups is 1. The number of amides is 1. The number of nitrogens with zero attached hydrogens (tertiary/aromatic N) is 5. The summed E-state index contributed by atoms with van der Waals surface area (Å²) < 4.78 is 29.5. The zero-order valence-corrected chi connectivity index (χ0v) is 22.6. The summed E-state index contributed by atoms with van der Waals surface area (Å²) in [7, 11) is 1.42. The molecule has 0 saturated heterocycles. The number of hydrogen-bond donors (Lipinski definition) is 1. The van der Waals surface area contributed by atoms with Crippen molar-refractivity contribution in [2.75, 3.05) is 13.7 Å². The molecule has 0 spiro atoms. The molecule has 4 aromatic rings. The summed E-state index contributed by atoms with van der Waals surface area (Å²) in [6.45, 7) is 4.31. The van der Waals surface area contributed by atoms with Gasteiger partial charge in [0.2, 0.25) is 5.91 Å². The Morgan fingerprint density at radius 3 is 2.69 bits per heavy atom. The Labute approximate surface area is 226 Å². The molecule has 39 heavy (non-hydrogen) atoms. The number of nitriles is 1. The summed E-state index contributed by atoms with van der Waals surface area (Å²) in [4.78, 5) is 40.4. The number of thiophene rings is 1. The molecular formula is C26H27FN6O5S. The van der Waals surface area contributed by atoms with E-state index in [0.717, 1.165) is 15.9 Å². The molecule has 13 heteroatoms. The number of ether oxygens (including phenoxy) is 2. The highest BCUT2D eigenvalue weighted by atomic mass is 32.1. The normalized spacial score (nSPS) is 12.4. The third-order valence-corrected chi connectivity index (χ3v) is 7.79. The summed E-state index contributed by atoms with van der Waals surface area (Å²) in [6, 6.07) is 7.61. The number of aryl methyl sites for hydroxylation is 1. The second-order valence-corrected chi connectivity index (χ2v) is 10.3. The van der Waals surface area contributed by atoms with Crippen LogP contribution in [0.1, 0.15) is 37.5 Å². The molecule has 1 aromatic carbocycles. The van der Waals surface area contributed by atoms with E-state index in [1.165, 1.54) is 43.7 Å². The second-order valence-electron chi connectivity index (χ2n) is 9.27. The third kappa shape index (κ3) is 4.96. The van der Waals surface area contributed by atoms with E-state index in [9.17, 15) is 18.8 Å². The molecule has 0 saturated carbocycles. The average Bonchev–Trinajstić information content (AvgIpc) is 3.53. The quantitative estimate of drug-likeness (QED) is 0.297. The number of benzene rings is 1.